The van der Waals surface area contributed by atoms with Crippen molar-refractivity contribution in [1.29, 1.82) is 0 Å². The van der Waals surface area contributed by atoms with Gasteiger partial charge in [-0.05, 0) is 44.2 Å². The molecule has 0 saturated heterocycles. The van der Waals surface area contributed by atoms with E-state index in [2.05, 4.69) is 24.1 Å². The monoisotopic (exact) mass is 317 g/mol. The molecule has 0 saturated carbocycles. The van der Waals surface area contributed by atoms with Crippen molar-refractivity contribution in [2.24, 2.45) is 5.92 Å². The second-order valence-electron chi connectivity index (χ2n) is 5.61. The molecule has 22 heavy (non-hydrogen) atoms. The Balaban J connectivity index is 2.28. The van der Waals surface area contributed by atoms with E-state index in [1.165, 1.54) is 4.31 Å². The van der Waals surface area contributed by atoms with Crippen LogP contribution in [-0.2, 0) is 10.0 Å². The molecule has 1 atom stereocenters. The molecule has 0 fully saturated rings. The fourth-order valence-electron chi connectivity index (χ4n) is 2.46. The van der Waals surface area contributed by atoms with Gasteiger partial charge in [-0.15, -0.1) is 0 Å². The first-order chi connectivity index (χ1) is 10.5. The molecule has 0 spiro atoms. The summed E-state index contributed by atoms with van der Waals surface area (Å²) < 4.78 is 27.0. The number of aryl methyl sites for hydroxylation is 1. The second-order valence-corrected chi connectivity index (χ2v) is 7.47. The van der Waals surface area contributed by atoms with Crippen LogP contribution in [0.3, 0.4) is 0 Å². The Morgan fingerprint density at radius 3 is 2.59 bits per heavy atom. The second kappa shape index (κ2) is 7.51. The molecule has 4 heteroatoms. The summed E-state index contributed by atoms with van der Waals surface area (Å²) in [6.45, 7) is 4.29. The maximum atomic E-state index is 12.8. The van der Waals surface area contributed by atoms with Crippen LogP contribution in [0.25, 0.3) is 0 Å². The van der Waals surface area contributed by atoms with Gasteiger partial charge in [-0.1, -0.05) is 42.7 Å². The zero-order chi connectivity index (χ0) is 16.0. The Labute approximate surface area is 134 Å². The van der Waals surface area contributed by atoms with E-state index in [4.69, 9.17) is 0 Å². The predicted octanol–water partition coefficient (Wildman–Crippen LogP) is 3.71. The zero-order valence-corrected chi connectivity index (χ0v) is 14.1. The van der Waals surface area contributed by atoms with Crippen molar-refractivity contribution in [3.63, 3.8) is 0 Å². The van der Waals surface area contributed by atoms with Gasteiger partial charge >= 0.3 is 0 Å². The smallest absolute Gasteiger partial charge is 0.224 e. The molecule has 1 aliphatic rings. The van der Waals surface area contributed by atoms with Crippen molar-refractivity contribution in [3.8, 4) is 12.0 Å². The third-order valence-electron chi connectivity index (χ3n) is 3.74. The molecule has 0 radical (unpaired) electrons. The predicted molar refractivity (Wildman–Crippen MR) is 89.6 cm³/mol. The molecule has 2 rings (SSSR count). The molecule has 1 aromatic carbocycles. The number of hydrogen-bond donors (Lipinski definition) is 0. The molecule has 0 aliphatic heterocycles. The van der Waals surface area contributed by atoms with Crippen LogP contribution in [0.4, 0.5) is 0 Å². The average molecular weight is 317 g/mol. The number of sulfonamides is 1. The van der Waals surface area contributed by atoms with Gasteiger partial charge in [0.2, 0.25) is 0 Å². The maximum absolute atomic E-state index is 12.8. The Morgan fingerprint density at radius 2 is 2.00 bits per heavy atom. The number of benzene rings is 1. The molecule has 1 unspecified atom stereocenters. The summed E-state index contributed by atoms with van der Waals surface area (Å²) in [5.74, 6) is 3.15. The van der Waals surface area contributed by atoms with E-state index in [-0.39, 0.29) is 5.92 Å². The topological polar surface area (TPSA) is 37.4 Å². The van der Waals surface area contributed by atoms with Gasteiger partial charge in [-0.3, -0.25) is 0 Å². The highest BCUT2D eigenvalue weighted by Gasteiger charge is 2.24. The number of rotatable bonds is 4. The highest BCUT2D eigenvalue weighted by molar-refractivity contribution is 7.89. The largest absolute Gasteiger partial charge is 0.270 e. The molecular formula is C18H23NO2S. The first kappa shape index (κ1) is 16.6. The quantitative estimate of drug-likeness (QED) is 0.482. The SMILES string of the molecule is CCC#CN(CC1C=CCCC1)S(=O)(=O)c1ccc(C)cc1. The molecule has 0 bridgehead atoms. The lowest BCUT2D eigenvalue weighted by Crippen LogP contribution is -2.31. The van der Waals surface area contributed by atoms with Gasteiger partial charge in [-0.2, -0.15) is 0 Å². The number of hydrogen-bond acceptors (Lipinski definition) is 2. The molecule has 0 aromatic heterocycles. The molecule has 0 N–H and O–H groups in total. The Hall–Kier alpha value is -1.73. The third-order valence-corrected chi connectivity index (χ3v) is 5.43. The van der Waals surface area contributed by atoms with Gasteiger partial charge in [0.25, 0.3) is 10.0 Å². The molecule has 0 heterocycles. The van der Waals surface area contributed by atoms with Gasteiger partial charge in [0.1, 0.15) is 0 Å². The van der Waals surface area contributed by atoms with Crippen molar-refractivity contribution >= 4 is 10.0 Å². The van der Waals surface area contributed by atoms with Gasteiger partial charge in [0.05, 0.1) is 4.90 Å². The van der Waals surface area contributed by atoms with Crippen LogP contribution in [0, 0.1) is 24.8 Å². The van der Waals surface area contributed by atoms with E-state index in [0.717, 1.165) is 24.8 Å². The number of nitrogens with zero attached hydrogens (tertiary/aromatic N) is 1. The van der Waals surface area contributed by atoms with Gasteiger partial charge < -0.3 is 0 Å². The molecule has 118 valence electrons. The van der Waals surface area contributed by atoms with Crippen molar-refractivity contribution in [1.82, 2.24) is 4.31 Å². The van der Waals surface area contributed by atoms with Crippen LogP contribution in [-0.4, -0.2) is 19.3 Å². The average Bonchev–Trinajstić information content (AvgIpc) is 2.52. The van der Waals surface area contributed by atoms with Gasteiger partial charge in [0, 0.05) is 19.0 Å². The lowest BCUT2D eigenvalue weighted by atomic mass is 9.96. The van der Waals surface area contributed by atoms with E-state index in [1.807, 2.05) is 26.0 Å². The van der Waals surface area contributed by atoms with Crippen LogP contribution >= 0.6 is 0 Å². The maximum Gasteiger partial charge on any atom is 0.270 e. The van der Waals surface area contributed by atoms with Crippen LogP contribution in [0.2, 0.25) is 0 Å². The van der Waals surface area contributed by atoms with E-state index < -0.39 is 10.0 Å². The molecular weight excluding hydrogens is 294 g/mol. The number of allylic oxidation sites excluding steroid dienone is 1. The van der Waals surface area contributed by atoms with Gasteiger partial charge in [-0.25, -0.2) is 12.7 Å². The summed E-state index contributed by atoms with van der Waals surface area (Å²) in [6, 6.07) is 9.78. The Bertz CT molecular complexity index is 678. The van der Waals surface area contributed by atoms with E-state index >= 15 is 0 Å². The van der Waals surface area contributed by atoms with Crippen molar-refractivity contribution < 1.29 is 8.42 Å². The minimum atomic E-state index is -3.56. The summed E-state index contributed by atoms with van der Waals surface area (Å²) >= 11 is 0. The summed E-state index contributed by atoms with van der Waals surface area (Å²) in [7, 11) is -3.56. The van der Waals surface area contributed by atoms with Crippen LogP contribution in [0.15, 0.2) is 41.3 Å². The van der Waals surface area contributed by atoms with Crippen LogP contribution < -0.4 is 0 Å². The third kappa shape index (κ3) is 4.14. The van der Waals surface area contributed by atoms with Gasteiger partial charge in [0.15, 0.2) is 0 Å². The summed E-state index contributed by atoms with van der Waals surface area (Å²) in [5, 5.41) is 0. The summed E-state index contributed by atoms with van der Waals surface area (Å²) in [4.78, 5) is 0.309. The highest BCUT2D eigenvalue weighted by Crippen LogP contribution is 2.22. The van der Waals surface area contributed by atoms with Crippen LogP contribution in [0.5, 0.6) is 0 Å². The van der Waals surface area contributed by atoms with Crippen molar-refractivity contribution in [3.05, 3.63) is 42.0 Å². The zero-order valence-electron chi connectivity index (χ0n) is 13.2. The standard InChI is InChI=1S/C18H23NO2S/c1-3-4-14-19(15-17-8-6-5-7-9-17)22(20,21)18-12-10-16(2)11-13-18/h6,8,10-13,17H,3,5,7,9,15H2,1-2H3. The van der Waals surface area contributed by atoms with E-state index in [0.29, 0.717) is 17.9 Å². The lowest BCUT2D eigenvalue weighted by molar-refractivity contribution is 0.430. The molecule has 1 aliphatic carbocycles. The minimum Gasteiger partial charge on any atom is -0.224 e. The minimum absolute atomic E-state index is 0.250. The normalized spacial score (nSPS) is 17.6. The fraction of sp³-hybridized carbons (Fsp3) is 0.444. The molecule has 3 nitrogen and oxygen atoms in total. The Kier molecular flexibility index (Phi) is 5.68. The first-order valence-corrected chi connectivity index (χ1v) is 9.22. The van der Waals surface area contributed by atoms with Crippen molar-refractivity contribution in [2.75, 3.05) is 6.54 Å². The van der Waals surface area contributed by atoms with E-state index in [9.17, 15) is 8.42 Å². The highest BCUT2D eigenvalue weighted by atomic mass is 32.2. The van der Waals surface area contributed by atoms with E-state index in [1.54, 1.807) is 12.1 Å². The van der Waals surface area contributed by atoms with Crippen molar-refractivity contribution in [2.45, 2.75) is 44.4 Å². The summed E-state index contributed by atoms with van der Waals surface area (Å²) in [6.07, 6.45) is 8.11. The van der Waals surface area contributed by atoms with Crippen LogP contribution in [0.1, 0.15) is 38.2 Å². The fourth-order valence-corrected chi connectivity index (χ4v) is 3.76. The lowest BCUT2D eigenvalue weighted by Gasteiger charge is -2.24. The summed E-state index contributed by atoms with van der Waals surface area (Å²) in [5.41, 5.74) is 1.04. The Morgan fingerprint density at radius 1 is 1.27 bits per heavy atom. The molecule has 1 aromatic rings. The first-order valence-electron chi connectivity index (χ1n) is 7.78. The molecule has 0 amide bonds.